The summed E-state index contributed by atoms with van der Waals surface area (Å²) in [5.74, 6) is -0.176. The summed E-state index contributed by atoms with van der Waals surface area (Å²) in [7, 11) is 0. The number of amides is 1. The molecule has 4 rings (SSSR count). The third-order valence-corrected chi connectivity index (χ3v) is 5.27. The van der Waals surface area contributed by atoms with Gasteiger partial charge in [0.2, 0.25) is 0 Å². The molecule has 0 unspecified atom stereocenters. The fourth-order valence-corrected chi connectivity index (χ4v) is 3.65. The average molecular weight is 504 g/mol. The molecule has 1 fully saturated rings. The average Bonchev–Trinajstić information content (AvgIpc) is 3.25. The summed E-state index contributed by atoms with van der Waals surface area (Å²) < 4.78 is 29.8. The van der Waals surface area contributed by atoms with Crippen LogP contribution in [0, 0.1) is 0 Å². The number of β-amino-alcohol motifs (C(OH)–C–C–N with tert-alkyl or cyclic N) is 1. The number of carbonyl (C=O) groups excluding carboxylic acids is 2. The van der Waals surface area contributed by atoms with Crippen LogP contribution in [0.4, 0.5) is 31.7 Å². The molecule has 0 saturated carbocycles. The van der Waals surface area contributed by atoms with Crippen molar-refractivity contribution in [3.05, 3.63) is 66.1 Å². The number of carbonyl (C=O) groups is 2. The van der Waals surface area contributed by atoms with Gasteiger partial charge in [-0.3, -0.25) is 14.6 Å². The second-order valence-corrected chi connectivity index (χ2v) is 8.16. The zero-order chi connectivity index (χ0) is 25.0. The molecule has 3 heterocycles. The molecular weight excluding hydrogens is 484 g/mol. The number of pyridine rings is 2. The topological polar surface area (TPSA) is 117 Å². The number of anilines is 4. The van der Waals surface area contributed by atoms with Crippen LogP contribution in [0.5, 0.6) is 5.75 Å². The number of aldehydes is 1. The van der Waals surface area contributed by atoms with E-state index >= 15 is 0 Å². The standard InChI is InChI=1S/C23H20ClF2N5O4/c24-23(25,26)35-18-3-1-16(2-4-18)29-22(34)15-9-19(30-20-11-27-7-5-14(20)13-32)21(28-10-15)31-8-6-17(33)12-31/h1-5,7,9-11,13,17,30,33H,6,8,12H2,(H,29,34)/t17-/m1/s1. The first-order chi connectivity index (χ1) is 16.7. The van der Waals surface area contributed by atoms with Crippen molar-refractivity contribution in [1.82, 2.24) is 9.97 Å². The Balaban J connectivity index is 1.58. The number of nitrogens with one attached hydrogen (secondary N) is 2. The van der Waals surface area contributed by atoms with E-state index in [-0.39, 0.29) is 11.3 Å². The largest absolute Gasteiger partial charge is 0.487 e. The molecule has 182 valence electrons. The van der Waals surface area contributed by atoms with Gasteiger partial charge in [0.15, 0.2) is 12.1 Å². The van der Waals surface area contributed by atoms with Crippen molar-refractivity contribution in [2.24, 2.45) is 0 Å². The fraction of sp³-hybridized carbons (Fsp3) is 0.217. The minimum Gasteiger partial charge on any atom is -0.420 e. The lowest BCUT2D eigenvalue weighted by molar-refractivity contribution is -0.0964. The lowest BCUT2D eigenvalue weighted by Gasteiger charge is -2.22. The molecule has 1 aliphatic rings. The number of hydrogen-bond donors (Lipinski definition) is 3. The van der Waals surface area contributed by atoms with Crippen molar-refractivity contribution >= 4 is 46.7 Å². The number of alkyl halides is 3. The molecule has 3 N–H and O–H groups in total. The van der Waals surface area contributed by atoms with Crippen LogP contribution in [0.2, 0.25) is 0 Å². The quantitative estimate of drug-likeness (QED) is 0.312. The van der Waals surface area contributed by atoms with E-state index in [1.807, 2.05) is 4.90 Å². The summed E-state index contributed by atoms with van der Waals surface area (Å²) in [6.07, 6.45) is 5.11. The summed E-state index contributed by atoms with van der Waals surface area (Å²) in [6, 6.07) is 8.36. The summed E-state index contributed by atoms with van der Waals surface area (Å²) >= 11 is 4.75. The van der Waals surface area contributed by atoms with E-state index in [1.54, 1.807) is 12.1 Å². The van der Waals surface area contributed by atoms with Crippen LogP contribution < -0.4 is 20.3 Å². The van der Waals surface area contributed by atoms with Crippen molar-refractivity contribution in [3.8, 4) is 5.75 Å². The molecule has 0 aliphatic carbocycles. The molecule has 0 spiro atoms. The summed E-state index contributed by atoms with van der Waals surface area (Å²) in [4.78, 5) is 34.6. The molecule has 1 atom stereocenters. The zero-order valence-corrected chi connectivity index (χ0v) is 18.9. The summed E-state index contributed by atoms with van der Waals surface area (Å²) in [6.45, 7) is 0.939. The Morgan fingerprint density at radius 3 is 2.66 bits per heavy atom. The smallest absolute Gasteiger partial charge is 0.420 e. The van der Waals surface area contributed by atoms with Gasteiger partial charge in [0.05, 0.1) is 29.2 Å². The summed E-state index contributed by atoms with van der Waals surface area (Å²) in [5, 5.41) is 15.7. The molecule has 1 amide bonds. The lowest BCUT2D eigenvalue weighted by Crippen LogP contribution is -2.24. The second kappa shape index (κ2) is 10.2. The third-order valence-electron chi connectivity index (χ3n) is 5.19. The Morgan fingerprint density at radius 2 is 2.00 bits per heavy atom. The van der Waals surface area contributed by atoms with Crippen LogP contribution in [-0.4, -0.2) is 52.0 Å². The van der Waals surface area contributed by atoms with Crippen LogP contribution >= 0.6 is 11.6 Å². The van der Waals surface area contributed by atoms with Gasteiger partial charge in [-0.2, -0.15) is 0 Å². The minimum atomic E-state index is -3.84. The van der Waals surface area contributed by atoms with Gasteiger partial charge < -0.3 is 25.4 Å². The molecule has 0 bridgehead atoms. The first-order valence-electron chi connectivity index (χ1n) is 10.5. The fourth-order valence-electron chi connectivity index (χ4n) is 3.56. The molecular formula is C23H20ClF2N5O4. The van der Waals surface area contributed by atoms with Crippen molar-refractivity contribution in [2.45, 2.75) is 18.1 Å². The van der Waals surface area contributed by atoms with Gasteiger partial charge in [0.1, 0.15) is 5.75 Å². The number of aliphatic hydroxyl groups excluding tert-OH is 1. The molecule has 1 saturated heterocycles. The number of aliphatic hydroxyl groups is 1. The van der Waals surface area contributed by atoms with Crippen LogP contribution in [0.25, 0.3) is 0 Å². The van der Waals surface area contributed by atoms with E-state index in [4.69, 9.17) is 11.6 Å². The Labute approximate surface area is 203 Å². The van der Waals surface area contributed by atoms with E-state index in [0.717, 1.165) is 0 Å². The van der Waals surface area contributed by atoms with E-state index in [1.165, 1.54) is 42.9 Å². The first-order valence-corrected chi connectivity index (χ1v) is 10.9. The van der Waals surface area contributed by atoms with Gasteiger partial charge in [-0.25, -0.2) is 4.98 Å². The molecule has 1 aromatic carbocycles. The van der Waals surface area contributed by atoms with Crippen molar-refractivity contribution in [3.63, 3.8) is 0 Å². The normalized spacial score (nSPS) is 15.5. The van der Waals surface area contributed by atoms with Gasteiger partial charge in [0, 0.05) is 48.3 Å². The maximum atomic E-state index is 12.9. The number of benzene rings is 1. The predicted octanol–water partition coefficient (Wildman–Crippen LogP) is 4.02. The molecule has 1 aliphatic heterocycles. The first kappa shape index (κ1) is 24.3. The Bertz CT molecular complexity index is 1220. The molecule has 12 heteroatoms. The van der Waals surface area contributed by atoms with Gasteiger partial charge in [-0.1, -0.05) is 0 Å². The second-order valence-electron chi connectivity index (χ2n) is 7.72. The van der Waals surface area contributed by atoms with E-state index < -0.39 is 17.6 Å². The molecule has 9 nitrogen and oxygen atoms in total. The number of aromatic nitrogens is 2. The molecule has 3 aromatic rings. The third kappa shape index (κ3) is 6.19. The van der Waals surface area contributed by atoms with Crippen molar-refractivity contribution < 1.29 is 28.2 Å². The highest BCUT2D eigenvalue weighted by molar-refractivity contribution is 6.20. The minimum absolute atomic E-state index is 0.171. The predicted molar refractivity (Wildman–Crippen MR) is 126 cm³/mol. The van der Waals surface area contributed by atoms with E-state index in [9.17, 15) is 23.5 Å². The van der Waals surface area contributed by atoms with E-state index in [0.29, 0.717) is 54.2 Å². The van der Waals surface area contributed by atoms with Crippen LogP contribution in [0.1, 0.15) is 27.1 Å². The Morgan fingerprint density at radius 1 is 1.23 bits per heavy atom. The Hall–Kier alpha value is -3.83. The number of halogens is 3. The highest BCUT2D eigenvalue weighted by Crippen LogP contribution is 2.31. The summed E-state index contributed by atoms with van der Waals surface area (Å²) in [5.41, 5.74) is -2.08. The monoisotopic (exact) mass is 503 g/mol. The molecule has 0 radical (unpaired) electrons. The van der Waals surface area contributed by atoms with Gasteiger partial charge in [-0.05, 0) is 42.8 Å². The maximum Gasteiger partial charge on any atom is 0.487 e. The highest BCUT2D eigenvalue weighted by Gasteiger charge is 2.27. The van der Waals surface area contributed by atoms with Crippen molar-refractivity contribution in [2.75, 3.05) is 28.6 Å². The SMILES string of the molecule is O=Cc1ccncc1Nc1cc(C(=O)Nc2ccc(OC(F)(F)Cl)cc2)cnc1N1CC[C@@H](O)C1. The van der Waals surface area contributed by atoms with E-state index in [2.05, 4.69) is 25.3 Å². The van der Waals surface area contributed by atoms with Gasteiger partial charge in [0.25, 0.3) is 5.91 Å². The Kier molecular flexibility index (Phi) is 7.08. The zero-order valence-electron chi connectivity index (χ0n) is 18.1. The van der Waals surface area contributed by atoms with Crippen LogP contribution in [0.15, 0.2) is 55.0 Å². The number of ether oxygens (including phenoxy) is 1. The number of hydrogen-bond acceptors (Lipinski definition) is 8. The molecule has 2 aromatic heterocycles. The van der Waals surface area contributed by atoms with Gasteiger partial charge >= 0.3 is 5.57 Å². The lowest BCUT2D eigenvalue weighted by atomic mass is 10.2. The van der Waals surface area contributed by atoms with Gasteiger partial charge in [-0.15, -0.1) is 8.78 Å². The van der Waals surface area contributed by atoms with Crippen molar-refractivity contribution in [1.29, 1.82) is 0 Å². The van der Waals surface area contributed by atoms with Crippen LogP contribution in [-0.2, 0) is 0 Å². The number of nitrogens with zero attached hydrogens (tertiary/aromatic N) is 3. The number of rotatable bonds is 8. The van der Waals surface area contributed by atoms with Crippen LogP contribution in [0.3, 0.4) is 0 Å². The molecule has 35 heavy (non-hydrogen) atoms. The maximum absolute atomic E-state index is 12.9. The highest BCUT2D eigenvalue weighted by atomic mass is 35.5.